The number of aliphatic carboxylic acids is 2. The first kappa shape index (κ1) is 25.9. The number of carboxylic acid groups (broad SMARTS) is 2. The second-order valence-electron chi connectivity index (χ2n) is 9.30. The van der Waals surface area contributed by atoms with Gasteiger partial charge in [0.2, 0.25) is 0 Å². The number of hydrogen-bond acceptors (Lipinski definition) is 3. The molecular weight excluding hydrogens is 368 g/mol. The zero-order valence-corrected chi connectivity index (χ0v) is 18.4. The number of rotatable bonds is 18. The Morgan fingerprint density at radius 1 is 0.655 bits per heavy atom. The van der Waals surface area contributed by atoms with Crippen LogP contribution in [0.2, 0.25) is 0 Å². The van der Waals surface area contributed by atoms with Gasteiger partial charge in [-0.15, -0.1) is 0 Å². The van der Waals surface area contributed by atoms with E-state index in [4.69, 9.17) is 10.2 Å². The van der Waals surface area contributed by atoms with Crippen molar-refractivity contribution in [3.05, 3.63) is 0 Å². The van der Waals surface area contributed by atoms with Gasteiger partial charge in [-0.2, -0.15) is 0 Å². The Morgan fingerprint density at radius 3 is 1.52 bits per heavy atom. The predicted octanol–water partition coefficient (Wildman–Crippen LogP) is 6.32. The van der Waals surface area contributed by atoms with E-state index in [9.17, 15) is 14.7 Å². The molecule has 1 saturated carbocycles. The second-order valence-corrected chi connectivity index (χ2v) is 9.30. The molecule has 0 aromatic rings. The lowest BCUT2D eigenvalue weighted by molar-refractivity contribution is -0.149. The molecule has 0 amide bonds. The van der Waals surface area contributed by atoms with Gasteiger partial charge in [0.15, 0.2) is 0 Å². The Balaban J connectivity index is 1.89. The Hall–Kier alpha value is -1.10. The molecule has 1 rings (SSSR count). The normalized spacial score (nSPS) is 15.5. The van der Waals surface area contributed by atoms with Gasteiger partial charge in [0.1, 0.15) is 0 Å². The number of carbonyl (C=O) groups is 2. The summed E-state index contributed by atoms with van der Waals surface area (Å²) in [6, 6.07) is 0. The fourth-order valence-electron chi connectivity index (χ4n) is 4.76. The molecule has 3 N–H and O–H groups in total. The lowest BCUT2D eigenvalue weighted by atomic mass is 9.85. The summed E-state index contributed by atoms with van der Waals surface area (Å²) in [4.78, 5) is 21.7. The molecule has 1 aliphatic rings. The Kier molecular flexibility index (Phi) is 14.0. The van der Waals surface area contributed by atoms with Gasteiger partial charge >= 0.3 is 11.9 Å². The van der Waals surface area contributed by atoms with Gasteiger partial charge in [-0.05, 0) is 12.3 Å². The van der Waals surface area contributed by atoms with E-state index < -0.39 is 30.4 Å². The van der Waals surface area contributed by atoms with E-state index in [1.807, 2.05) is 0 Å². The fourth-order valence-corrected chi connectivity index (χ4v) is 4.76. The molecule has 1 aliphatic carbocycles. The topological polar surface area (TPSA) is 94.8 Å². The summed E-state index contributed by atoms with van der Waals surface area (Å²) < 4.78 is 0. The zero-order valence-electron chi connectivity index (χ0n) is 18.4. The van der Waals surface area contributed by atoms with Crippen molar-refractivity contribution in [2.45, 2.75) is 134 Å². The molecule has 5 nitrogen and oxygen atoms in total. The molecule has 5 heteroatoms. The number of carboxylic acids is 2. The molecule has 0 atom stereocenters. The molecule has 170 valence electrons. The number of hydrogen-bond donors (Lipinski definition) is 3. The maximum absolute atomic E-state index is 10.8. The minimum absolute atomic E-state index is 0.243. The summed E-state index contributed by atoms with van der Waals surface area (Å²) in [6.45, 7) is 0. The third-order valence-corrected chi connectivity index (χ3v) is 6.44. The zero-order chi connectivity index (χ0) is 21.4. The van der Waals surface area contributed by atoms with E-state index in [0.29, 0.717) is 6.42 Å². The first-order valence-electron chi connectivity index (χ1n) is 12.1. The molecule has 0 unspecified atom stereocenters. The molecule has 0 aliphatic heterocycles. The molecular formula is C24H44O5. The van der Waals surface area contributed by atoms with Gasteiger partial charge in [-0.1, -0.05) is 109 Å². The van der Waals surface area contributed by atoms with Gasteiger partial charge in [0.25, 0.3) is 0 Å². The summed E-state index contributed by atoms with van der Waals surface area (Å²) in [7, 11) is 0. The summed E-state index contributed by atoms with van der Waals surface area (Å²) in [5.41, 5.74) is -1.62. The van der Waals surface area contributed by atoms with E-state index in [1.54, 1.807) is 0 Å². The van der Waals surface area contributed by atoms with Crippen LogP contribution < -0.4 is 0 Å². The van der Waals surface area contributed by atoms with Crippen molar-refractivity contribution in [1.82, 2.24) is 0 Å². The second kappa shape index (κ2) is 15.7. The quantitative estimate of drug-likeness (QED) is 0.229. The van der Waals surface area contributed by atoms with Crippen molar-refractivity contribution >= 4 is 11.9 Å². The first-order chi connectivity index (χ1) is 13.9. The van der Waals surface area contributed by atoms with Crippen LogP contribution in [0.1, 0.15) is 128 Å². The third-order valence-electron chi connectivity index (χ3n) is 6.44. The van der Waals surface area contributed by atoms with Crippen molar-refractivity contribution < 1.29 is 24.9 Å². The van der Waals surface area contributed by atoms with Crippen LogP contribution in [-0.2, 0) is 9.59 Å². The van der Waals surface area contributed by atoms with E-state index in [2.05, 4.69) is 0 Å². The Labute approximate surface area is 177 Å². The van der Waals surface area contributed by atoms with Crippen molar-refractivity contribution in [3.8, 4) is 0 Å². The standard InChI is InChI=1S/C24H44O5/c25-22(26)19-24(29,20-23(27)28)18-14-9-7-5-3-1-2-4-6-8-11-15-21-16-12-10-13-17-21/h21,29H,1-20H2,(H,25,26)(H,27,28). The fraction of sp³-hybridized carbons (Fsp3) is 0.917. The van der Waals surface area contributed by atoms with E-state index in [0.717, 1.165) is 25.2 Å². The van der Waals surface area contributed by atoms with Crippen molar-refractivity contribution in [3.63, 3.8) is 0 Å². The molecule has 0 saturated heterocycles. The highest BCUT2D eigenvalue weighted by molar-refractivity contribution is 5.72. The largest absolute Gasteiger partial charge is 0.481 e. The maximum Gasteiger partial charge on any atom is 0.306 e. The van der Waals surface area contributed by atoms with Gasteiger partial charge in [0, 0.05) is 0 Å². The summed E-state index contributed by atoms with van der Waals surface area (Å²) in [5, 5.41) is 27.9. The smallest absolute Gasteiger partial charge is 0.306 e. The van der Waals surface area contributed by atoms with Crippen LogP contribution in [0.15, 0.2) is 0 Å². The van der Waals surface area contributed by atoms with Crippen molar-refractivity contribution in [1.29, 1.82) is 0 Å². The van der Waals surface area contributed by atoms with Crippen LogP contribution in [0.5, 0.6) is 0 Å². The molecule has 0 bridgehead atoms. The van der Waals surface area contributed by atoms with Crippen molar-refractivity contribution in [2.75, 3.05) is 0 Å². The lowest BCUT2D eigenvalue weighted by Gasteiger charge is -2.24. The van der Waals surface area contributed by atoms with E-state index in [-0.39, 0.29) is 6.42 Å². The van der Waals surface area contributed by atoms with Gasteiger partial charge in [-0.3, -0.25) is 9.59 Å². The molecule has 0 aromatic carbocycles. The molecule has 0 radical (unpaired) electrons. The van der Waals surface area contributed by atoms with Crippen molar-refractivity contribution in [2.24, 2.45) is 5.92 Å². The molecule has 1 fully saturated rings. The highest BCUT2D eigenvalue weighted by atomic mass is 16.4. The van der Waals surface area contributed by atoms with Gasteiger partial charge < -0.3 is 15.3 Å². The highest BCUT2D eigenvalue weighted by Crippen LogP contribution is 2.28. The first-order valence-corrected chi connectivity index (χ1v) is 12.1. The summed E-state index contributed by atoms with van der Waals surface area (Å²) in [6.07, 6.45) is 21.2. The van der Waals surface area contributed by atoms with Crippen LogP contribution in [-0.4, -0.2) is 32.9 Å². The van der Waals surface area contributed by atoms with Gasteiger partial charge in [-0.25, -0.2) is 0 Å². The van der Waals surface area contributed by atoms with Crippen LogP contribution in [0.4, 0.5) is 0 Å². The number of unbranched alkanes of at least 4 members (excludes halogenated alkanes) is 10. The number of aliphatic hydroxyl groups is 1. The Morgan fingerprint density at radius 2 is 1.07 bits per heavy atom. The average Bonchev–Trinajstić information content (AvgIpc) is 2.65. The monoisotopic (exact) mass is 412 g/mol. The predicted molar refractivity (Wildman–Crippen MR) is 116 cm³/mol. The van der Waals surface area contributed by atoms with Crippen LogP contribution in [0.3, 0.4) is 0 Å². The summed E-state index contributed by atoms with van der Waals surface area (Å²) in [5.74, 6) is -1.28. The summed E-state index contributed by atoms with van der Waals surface area (Å²) >= 11 is 0. The highest BCUT2D eigenvalue weighted by Gasteiger charge is 2.32. The van der Waals surface area contributed by atoms with Crippen LogP contribution in [0, 0.1) is 5.92 Å². The lowest BCUT2D eigenvalue weighted by Crippen LogP contribution is -2.34. The third kappa shape index (κ3) is 14.5. The molecule has 29 heavy (non-hydrogen) atoms. The SMILES string of the molecule is O=C(O)CC(O)(CCCCCCCCCCCCCC1CCCCC1)CC(=O)O. The van der Waals surface area contributed by atoms with E-state index in [1.165, 1.54) is 83.5 Å². The van der Waals surface area contributed by atoms with Crippen LogP contribution in [0.25, 0.3) is 0 Å². The average molecular weight is 413 g/mol. The molecule has 0 aromatic heterocycles. The maximum atomic E-state index is 10.8. The van der Waals surface area contributed by atoms with Gasteiger partial charge in [0.05, 0.1) is 18.4 Å². The Bertz CT molecular complexity index is 427. The molecule has 0 heterocycles. The van der Waals surface area contributed by atoms with E-state index >= 15 is 0 Å². The minimum Gasteiger partial charge on any atom is -0.481 e. The van der Waals surface area contributed by atoms with Crippen LogP contribution >= 0.6 is 0 Å². The molecule has 0 spiro atoms. The minimum atomic E-state index is -1.62.